The zero-order chi connectivity index (χ0) is 15.2. The predicted octanol–water partition coefficient (Wildman–Crippen LogP) is 2.84. The second-order valence-electron chi connectivity index (χ2n) is 6.54. The fourth-order valence-corrected chi connectivity index (χ4v) is 4.03. The van der Waals surface area contributed by atoms with E-state index in [1.54, 1.807) is 6.07 Å². The number of hydrogen-bond acceptors (Lipinski definition) is 4. The lowest BCUT2D eigenvalue weighted by Crippen LogP contribution is -2.39. The van der Waals surface area contributed by atoms with Crippen LogP contribution in [0.3, 0.4) is 0 Å². The Morgan fingerprint density at radius 3 is 2.81 bits per heavy atom. The number of esters is 1. The first-order valence-corrected chi connectivity index (χ1v) is 7.49. The molecule has 0 bridgehead atoms. The Kier molecular flexibility index (Phi) is 3.27. The Morgan fingerprint density at radius 2 is 2.10 bits per heavy atom. The predicted molar refractivity (Wildman–Crippen MR) is 80.2 cm³/mol. The summed E-state index contributed by atoms with van der Waals surface area (Å²) in [5, 5.41) is 0. The summed E-state index contributed by atoms with van der Waals surface area (Å²) in [6.45, 7) is 2.20. The number of carbonyl (C=O) groups is 2. The van der Waals surface area contributed by atoms with Gasteiger partial charge in [0.15, 0.2) is 0 Å². The van der Waals surface area contributed by atoms with E-state index in [1.165, 1.54) is 7.11 Å². The Bertz CT molecular complexity index is 623. The first kappa shape index (κ1) is 14.1. The topological polar surface area (TPSA) is 69.4 Å². The smallest absolute Gasteiger partial charge is 0.339 e. The summed E-state index contributed by atoms with van der Waals surface area (Å²) < 4.78 is 4.79. The zero-order valence-electron chi connectivity index (χ0n) is 12.6. The van der Waals surface area contributed by atoms with Gasteiger partial charge in [-0.2, -0.15) is 0 Å². The number of nitrogen functional groups attached to an aromatic ring is 1. The number of anilines is 1. The number of hydrogen-bond donors (Lipinski definition) is 1. The summed E-state index contributed by atoms with van der Waals surface area (Å²) in [6, 6.07) is 3.64. The van der Waals surface area contributed by atoms with E-state index in [9.17, 15) is 9.59 Å². The van der Waals surface area contributed by atoms with Crippen molar-refractivity contribution >= 4 is 17.4 Å². The van der Waals surface area contributed by atoms with Gasteiger partial charge < -0.3 is 10.5 Å². The van der Waals surface area contributed by atoms with Gasteiger partial charge in [0.2, 0.25) is 0 Å². The van der Waals surface area contributed by atoms with Crippen molar-refractivity contribution in [1.29, 1.82) is 0 Å². The molecular weight excluding hydrogens is 266 g/mol. The van der Waals surface area contributed by atoms with Crippen LogP contribution in [0, 0.1) is 5.41 Å². The van der Waals surface area contributed by atoms with Crippen LogP contribution in [0.1, 0.15) is 60.0 Å². The molecule has 2 N–H and O–H groups in total. The van der Waals surface area contributed by atoms with E-state index in [1.807, 2.05) is 6.07 Å². The average molecular weight is 287 g/mol. The van der Waals surface area contributed by atoms with Gasteiger partial charge in [-0.25, -0.2) is 4.79 Å². The van der Waals surface area contributed by atoms with Crippen LogP contribution in [-0.4, -0.2) is 18.9 Å². The average Bonchev–Trinajstić information content (AvgIpc) is 2.45. The molecule has 4 heteroatoms. The largest absolute Gasteiger partial charge is 0.465 e. The third-order valence-electron chi connectivity index (χ3n) is 5.18. The van der Waals surface area contributed by atoms with Crippen molar-refractivity contribution in [2.45, 2.75) is 44.9 Å². The summed E-state index contributed by atoms with van der Waals surface area (Å²) >= 11 is 0. The fourth-order valence-electron chi connectivity index (χ4n) is 4.03. The minimum Gasteiger partial charge on any atom is -0.465 e. The van der Waals surface area contributed by atoms with Gasteiger partial charge in [-0.15, -0.1) is 0 Å². The Hall–Kier alpha value is -1.84. The number of ketones is 1. The Balaban J connectivity index is 2.14. The summed E-state index contributed by atoms with van der Waals surface area (Å²) in [4.78, 5) is 24.3. The molecule has 2 aliphatic carbocycles. The SMILES string of the molecule is COC(=O)c1cc2c(cc1N)CC[C@]1(C)CCCC(=O)[C@H]21. The first-order chi connectivity index (χ1) is 9.96. The quantitative estimate of drug-likeness (QED) is 0.637. The van der Waals surface area contributed by atoms with Crippen LogP contribution >= 0.6 is 0 Å². The van der Waals surface area contributed by atoms with E-state index in [0.717, 1.165) is 36.8 Å². The highest BCUT2D eigenvalue weighted by molar-refractivity contribution is 5.96. The molecule has 0 heterocycles. The number of nitrogens with two attached hydrogens (primary N) is 1. The van der Waals surface area contributed by atoms with Crippen molar-refractivity contribution in [3.05, 3.63) is 28.8 Å². The minimum absolute atomic E-state index is 0.0197. The van der Waals surface area contributed by atoms with Crippen molar-refractivity contribution < 1.29 is 14.3 Å². The maximum Gasteiger partial charge on any atom is 0.339 e. The van der Waals surface area contributed by atoms with E-state index in [2.05, 4.69) is 6.92 Å². The monoisotopic (exact) mass is 287 g/mol. The normalized spacial score (nSPS) is 27.7. The highest BCUT2D eigenvalue weighted by atomic mass is 16.5. The number of fused-ring (bicyclic) bond motifs is 3. The van der Waals surface area contributed by atoms with Gasteiger partial charge in [0.05, 0.1) is 12.7 Å². The van der Waals surface area contributed by atoms with Crippen molar-refractivity contribution in [3.8, 4) is 0 Å². The van der Waals surface area contributed by atoms with Gasteiger partial charge >= 0.3 is 5.97 Å². The number of Topliss-reactive ketones (excluding diaryl/α,β-unsaturated/α-hetero) is 1. The molecule has 112 valence electrons. The molecule has 0 saturated heterocycles. The molecule has 0 radical (unpaired) electrons. The lowest BCUT2D eigenvalue weighted by molar-refractivity contribution is -0.126. The molecule has 2 aliphatic rings. The number of ether oxygens (including phenoxy) is 1. The van der Waals surface area contributed by atoms with Crippen molar-refractivity contribution in [2.75, 3.05) is 12.8 Å². The minimum atomic E-state index is -0.439. The molecule has 1 saturated carbocycles. The zero-order valence-corrected chi connectivity index (χ0v) is 12.6. The number of rotatable bonds is 1. The molecule has 3 rings (SSSR count). The molecule has 0 unspecified atom stereocenters. The van der Waals surface area contributed by atoms with Crippen molar-refractivity contribution in [1.82, 2.24) is 0 Å². The fraction of sp³-hybridized carbons (Fsp3) is 0.529. The van der Waals surface area contributed by atoms with Crippen LogP contribution in [0.4, 0.5) is 5.69 Å². The van der Waals surface area contributed by atoms with Crippen LogP contribution in [0.2, 0.25) is 0 Å². The molecule has 2 atom stereocenters. The van der Waals surface area contributed by atoms with Crippen LogP contribution in [0.25, 0.3) is 0 Å². The second kappa shape index (κ2) is 4.86. The second-order valence-corrected chi connectivity index (χ2v) is 6.54. The van der Waals surface area contributed by atoms with E-state index in [-0.39, 0.29) is 11.3 Å². The van der Waals surface area contributed by atoms with E-state index in [4.69, 9.17) is 10.5 Å². The summed E-state index contributed by atoms with van der Waals surface area (Å²) in [6.07, 6.45) is 4.60. The lowest BCUT2D eigenvalue weighted by atomic mass is 9.58. The van der Waals surface area contributed by atoms with Crippen LogP contribution < -0.4 is 5.73 Å². The van der Waals surface area contributed by atoms with E-state index in [0.29, 0.717) is 23.5 Å². The third kappa shape index (κ3) is 2.13. The van der Waals surface area contributed by atoms with Gasteiger partial charge in [-0.1, -0.05) is 6.92 Å². The molecule has 21 heavy (non-hydrogen) atoms. The van der Waals surface area contributed by atoms with E-state index >= 15 is 0 Å². The third-order valence-corrected chi connectivity index (χ3v) is 5.18. The van der Waals surface area contributed by atoms with Crippen molar-refractivity contribution in [2.24, 2.45) is 5.41 Å². The van der Waals surface area contributed by atoms with Gasteiger partial charge in [0.25, 0.3) is 0 Å². The molecule has 1 aromatic carbocycles. The van der Waals surface area contributed by atoms with Gasteiger partial charge in [-0.05, 0) is 54.4 Å². The number of benzene rings is 1. The molecule has 0 aliphatic heterocycles. The summed E-state index contributed by atoms with van der Waals surface area (Å²) in [5.74, 6) is -0.241. The standard InChI is InChI=1S/C17H21NO3/c1-17-6-3-4-14(19)15(17)11-9-12(16(20)21-2)13(18)8-10(11)5-7-17/h8-9,15H,3-7,18H2,1-2H3/t15-,17-/m0/s1. The van der Waals surface area contributed by atoms with Gasteiger partial charge in [0.1, 0.15) is 5.78 Å². The summed E-state index contributed by atoms with van der Waals surface area (Å²) in [5.41, 5.74) is 8.90. The van der Waals surface area contributed by atoms with Crippen LogP contribution in [0.15, 0.2) is 12.1 Å². The Labute approximate surface area is 124 Å². The molecule has 0 amide bonds. The van der Waals surface area contributed by atoms with Crippen LogP contribution in [0.5, 0.6) is 0 Å². The van der Waals surface area contributed by atoms with Crippen molar-refractivity contribution in [3.63, 3.8) is 0 Å². The highest BCUT2D eigenvalue weighted by Gasteiger charge is 2.45. The Morgan fingerprint density at radius 1 is 1.33 bits per heavy atom. The van der Waals surface area contributed by atoms with Gasteiger partial charge in [0, 0.05) is 18.0 Å². The molecule has 1 aromatic rings. The highest BCUT2D eigenvalue weighted by Crippen LogP contribution is 2.52. The molecule has 4 nitrogen and oxygen atoms in total. The number of carbonyl (C=O) groups excluding carboxylic acids is 2. The number of methoxy groups -OCH3 is 1. The van der Waals surface area contributed by atoms with Crippen LogP contribution in [-0.2, 0) is 16.0 Å². The summed E-state index contributed by atoms with van der Waals surface area (Å²) in [7, 11) is 1.34. The molecule has 0 spiro atoms. The first-order valence-electron chi connectivity index (χ1n) is 7.49. The van der Waals surface area contributed by atoms with E-state index < -0.39 is 5.97 Å². The molecule has 0 aromatic heterocycles. The number of aryl methyl sites for hydroxylation is 1. The lowest BCUT2D eigenvalue weighted by Gasteiger charge is -2.45. The molecular formula is C17H21NO3. The van der Waals surface area contributed by atoms with Gasteiger partial charge in [-0.3, -0.25) is 4.79 Å². The molecule has 1 fully saturated rings. The maximum absolute atomic E-state index is 12.5. The maximum atomic E-state index is 12.5.